The van der Waals surface area contributed by atoms with Crippen molar-refractivity contribution in [2.75, 3.05) is 0 Å². The van der Waals surface area contributed by atoms with Crippen LogP contribution in [0.3, 0.4) is 0 Å². The molecule has 1 aromatic rings. The van der Waals surface area contributed by atoms with Gasteiger partial charge in [0.25, 0.3) is 0 Å². The fourth-order valence-electron chi connectivity index (χ4n) is 1.28. The summed E-state index contributed by atoms with van der Waals surface area (Å²) in [5.74, 6) is 0.238. The second kappa shape index (κ2) is 3.01. The molecule has 0 amide bonds. The average Bonchev–Trinajstić information content (AvgIpc) is 2.02. The lowest BCUT2D eigenvalue weighted by Gasteiger charge is -2.20. The van der Waals surface area contributed by atoms with Gasteiger partial charge in [-0.15, -0.1) is 0 Å². The van der Waals surface area contributed by atoms with E-state index in [1.54, 1.807) is 12.1 Å². The van der Waals surface area contributed by atoms with Crippen LogP contribution in [0.4, 0.5) is 0 Å². The van der Waals surface area contributed by atoms with Gasteiger partial charge in [0, 0.05) is 5.02 Å². The van der Waals surface area contributed by atoms with Crippen molar-refractivity contribution in [2.24, 2.45) is 0 Å². The van der Waals surface area contributed by atoms with E-state index >= 15 is 0 Å². The number of benzene rings is 1. The smallest absolute Gasteiger partial charge is 0.204 e. The Kier molecular flexibility index (Phi) is 1.98. The number of hydrogen-bond donors (Lipinski definition) is 1. The highest BCUT2D eigenvalue weighted by Gasteiger charge is 2.24. The number of ether oxygens (including phenoxy) is 1. The molecule has 1 atom stereocenters. The molecule has 0 saturated carbocycles. The van der Waals surface area contributed by atoms with Gasteiger partial charge >= 0.3 is 0 Å². The molecule has 1 heterocycles. The normalized spacial score (nSPS) is 20.8. The molecule has 1 aliphatic rings. The summed E-state index contributed by atoms with van der Waals surface area (Å²) in [5, 5.41) is 9.62. The number of carbonyl (C=O) groups is 1. The zero-order valence-corrected chi connectivity index (χ0v) is 7.41. The summed E-state index contributed by atoms with van der Waals surface area (Å²) in [5.41, 5.74) is 0.481. The molecule has 0 saturated heterocycles. The molecule has 4 heteroatoms. The lowest BCUT2D eigenvalue weighted by molar-refractivity contribution is -0.0245. The first kappa shape index (κ1) is 8.53. The topological polar surface area (TPSA) is 46.5 Å². The quantitative estimate of drug-likeness (QED) is 0.689. The van der Waals surface area contributed by atoms with Gasteiger partial charge < -0.3 is 9.84 Å². The van der Waals surface area contributed by atoms with E-state index in [9.17, 15) is 4.79 Å². The number of carbonyl (C=O) groups excluding carboxylic acids is 1. The number of Topliss-reactive ketones (excluding diaryl/α,β-unsaturated/α-hetero) is 1. The molecule has 1 unspecified atom stereocenters. The fourth-order valence-corrected chi connectivity index (χ4v) is 1.44. The van der Waals surface area contributed by atoms with Crippen molar-refractivity contribution in [3.05, 3.63) is 28.8 Å². The molecule has 0 fully saturated rings. The van der Waals surface area contributed by atoms with Gasteiger partial charge in [-0.2, -0.15) is 0 Å². The fraction of sp³-hybridized carbons (Fsp3) is 0.222. The van der Waals surface area contributed by atoms with Gasteiger partial charge in [-0.1, -0.05) is 11.6 Å². The van der Waals surface area contributed by atoms with E-state index in [0.717, 1.165) is 0 Å². The van der Waals surface area contributed by atoms with E-state index in [-0.39, 0.29) is 12.2 Å². The van der Waals surface area contributed by atoms with Gasteiger partial charge in [0.05, 0.1) is 12.0 Å². The maximum Gasteiger partial charge on any atom is 0.204 e. The molecule has 3 nitrogen and oxygen atoms in total. The number of fused-ring (bicyclic) bond motifs is 1. The minimum atomic E-state index is -1.04. The molecule has 0 radical (unpaired) electrons. The van der Waals surface area contributed by atoms with Gasteiger partial charge in [0.2, 0.25) is 6.29 Å². The second-order valence-corrected chi connectivity index (χ2v) is 3.28. The lowest BCUT2D eigenvalue weighted by atomic mass is 10.0. The zero-order valence-electron chi connectivity index (χ0n) is 6.66. The molecule has 0 spiro atoms. The van der Waals surface area contributed by atoms with Gasteiger partial charge in [-0.05, 0) is 18.2 Å². The Morgan fingerprint density at radius 2 is 2.31 bits per heavy atom. The predicted octanol–water partition coefficient (Wildman–Crippen LogP) is 1.62. The first-order valence-corrected chi connectivity index (χ1v) is 4.22. The molecule has 1 N–H and O–H groups in total. The minimum Gasteiger partial charge on any atom is -0.464 e. The van der Waals surface area contributed by atoms with Crippen molar-refractivity contribution in [3.63, 3.8) is 0 Å². The summed E-state index contributed by atoms with van der Waals surface area (Å²) in [7, 11) is 0. The SMILES string of the molecule is O=C1CC(O)Oc2cc(Cl)ccc21. The third kappa shape index (κ3) is 1.53. The number of ketones is 1. The van der Waals surface area contributed by atoms with E-state index in [2.05, 4.69) is 0 Å². The molecule has 13 heavy (non-hydrogen) atoms. The number of aliphatic hydroxyl groups is 1. The summed E-state index contributed by atoms with van der Waals surface area (Å²) in [6.45, 7) is 0. The molecule has 1 aromatic carbocycles. The van der Waals surface area contributed by atoms with Gasteiger partial charge in [-0.3, -0.25) is 4.79 Å². The van der Waals surface area contributed by atoms with Gasteiger partial charge in [-0.25, -0.2) is 0 Å². The van der Waals surface area contributed by atoms with Crippen LogP contribution >= 0.6 is 11.6 Å². The van der Waals surface area contributed by atoms with Crippen molar-refractivity contribution in [3.8, 4) is 5.75 Å². The van der Waals surface area contributed by atoms with Crippen LogP contribution in [-0.2, 0) is 0 Å². The van der Waals surface area contributed by atoms with Crippen molar-refractivity contribution >= 4 is 17.4 Å². The summed E-state index contributed by atoms with van der Waals surface area (Å²) in [6.07, 6.45) is -1.03. The van der Waals surface area contributed by atoms with Crippen LogP contribution in [0.15, 0.2) is 18.2 Å². The molecule has 0 aromatic heterocycles. The Bertz CT molecular complexity index is 362. The van der Waals surface area contributed by atoms with Crippen LogP contribution in [0.2, 0.25) is 5.02 Å². The van der Waals surface area contributed by atoms with Gasteiger partial charge in [0.1, 0.15) is 5.75 Å². The number of hydrogen-bond acceptors (Lipinski definition) is 3. The molecule has 68 valence electrons. The molecule has 0 bridgehead atoms. The largest absolute Gasteiger partial charge is 0.464 e. The highest BCUT2D eigenvalue weighted by molar-refractivity contribution is 6.30. The van der Waals surface area contributed by atoms with E-state index in [4.69, 9.17) is 21.4 Å². The monoisotopic (exact) mass is 198 g/mol. The summed E-state index contributed by atoms with van der Waals surface area (Å²) in [4.78, 5) is 11.3. The molecular formula is C9H7ClO3. The molecule has 0 aliphatic carbocycles. The predicted molar refractivity (Wildman–Crippen MR) is 47.0 cm³/mol. The third-order valence-corrected chi connectivity index (χ3v) is 2.10. The Balaban J connectivity index is 2.49. The van der Waals surface area contributed by atoms with Crippen LogP contribution < -0.4 is 4.74 Å². The number of aliphatic hydroxyl groups excluding tert-OH is 1. The van der Waals surface area contributed by atoms with Crippen LogP contribution in [-0.4, -0.2) is 17.2 Å². The maximum absolute atomic E-state index is 11.3. The molecule has 1 aliphatic heterocycles. The standard InChI is InChI=1S/C9H7ClO3/c10-5-1-2-6-7(11)4-9(12)13-8(6)3-5/h1-3,9,12H,4H2. The van der Waals surface area contributed by atoms with Crippen molar-refractivity contribution in [1.82, 2.24) is 0 Å². The Labute approximate surface area is 79.9 Å². The first-order chi connectivity index (χ1) is 6.16. The third-order valence-electron chi connectivity index (χ3n) is 1.87. The molecule has 2 rings (SSSR count). The van der Waals surface area contributed by atoms with E-state index in [1.807, 2.05) is 0 Å². The lowest BCUT2D eigenvalue weighted by Crippen LogP contribution is -2.26. The van der Waals surface area contributed by atoms with Crippen LogP contribution in [0.25, 0.3) is 0 Å². The van der Waals surface area contributed by atoms with Crippen LogP contribution in [0, 0.1) is 0 Å². The average molecular weight is 199 g/mol. The Hall–Kier alpha value is -1.06. The van der Waals surface area contributed by atoms with E-state index < -0.39 is 6.29 Å². The number of halogens is 1. The van der Waals surface area contributed by atoms with Crippen LogP contribution in [0.1, 0.15) is 16.8 Å². The Morgan fingerprint density at radius 3 is 3.08 bits per heavy atom. The summed E-state index contributed by atoms with van der Waals surface area (Å²) in [6, 6.07) is 4.75. The van der Waals surface area contributed by atoms with E-state index in [0.29, 0.717) is 16.3 Å². The summed E-state index contributed by atoms with van der Waals surface area (Å²) < 4.78 is 5.03. The minimum absolute atomic E-state index is 0.00856. The van der Waals surface area contributed by atoms with E-state index in [1.165, 1.54) is 6.07 Å². The van der Waals surface area contributed by atoms with Crippen molar-refractivity contribution in [2.45, 2.75) is 12.7 Å². The Morgan fingerprint density at radius 1 is 1.54 bits per heavy atom. The zero-order chi connectivity index (χ0) is 9.42. The first-order valence-electron chi connectivity index (χ1n) is 3.84. The molecular weight excluding hydrogens is 192 g/mol. The highest BCUT2D eigenvalue weighted by atomic mass is 35.5. The summed E-state index contributed by atoms with van der Waals surface area (Å²) >= 11 is 5.70. The van der Waals surface area contributed by atoms with Crippen molar-refractivity contribution in [1.29, 1.82) is 0 Å². The number of rotatable bonds is 0. The maximum atomic E-state index is 11.3. The van der Waals surface area contributed by atoms with Crippen LogP contribution in [0.5, 0.6) is 5.75 Å². The van der Waals surface area contributed by atoms with Crippen molar-refractivity contribution < 1.29 is 14.6 Å². The second-order valence-electron chi connectivity index (χ2n) is 2.84. The highest BCUT2D eigenvalue weighted by Crippen LogP contribution is 2.29. The van der Waals surface area contributed by atoms with Gasteiger partial charge in [0.15, 0.2) is 5.78 Å².